The number of nitrogens with one attached hydrogen (secondary N) is 2. The maximum Gasteiger partial charge on any atom is 0.310 e. The van der Waals surface area contributed by atoms with Crippen molar-refractivity contribution in [2.75, 3.05) is 6.54 Å². The van der Waals surface area contributed by atoms with Gasteiger partial charge in [0.15, 0.2) is 5.69 Å². The summed E-state index contributed by atoms with van der Waals surface area (Å²) >= 11 is 0. The molecule has 8 heteroatoms. The first kappa shape index (κ1) is 20.6. The van der Waals surface area contributed by atoms with Gasteiger partial charge in [0.2, 0.25) is 0 Å². The summed E-state index contributed by atoms with van der Waals surface area (Å²) in [6, 6.07) is 7.43. The molecule has 1 aliphatic carbocycles. The zero-order chi connectivity index (χ0) is 22.2. The van der Waals surface area contributed by atoms with Crippen molar-refractivity contribution in [3.63, 3.8) is 0 Å². The summed E-state index contributed by atoms with van der Waals surface area (Å²) in [4.78, 5) is 27.7. The second kappa shape index (κ2) is 7.86. The lowest BCUT2D eigenvalue weighted by molar-refractivity contribution is -0.146. The first-order valence-electron chi connectivity index (χ1n) is 10.1. The van der Waals surface area contributed by atoms with E-state index >= 15 is 0 Å². The predicted octanol–water partition coefficient (Wildman–Crippen LogP) is 3.13. The van der Waals surface area contributed by atoms with E-state index in [2.05, 4.69) is 20.8 Å². The van der Waals surface area contributed by atoms with E-state index in [1.165, 1.54) is 38.1 Å². The molecule has 2 aliphatic rings. The molecule has 4 rings (SSSR count). The number of rotatable bonds is 5. The molecular weight excluding hydrogens is 396 g/mol. The largest absolute Gasteiger partial charge is 0.505 e. The van der Waals surface area contributed by atoms with Crippen LogP contribution in [0.1, 0.15) is 54.7 Å². The molecule has 2 heterocycles. The lowest BCUT2D eigenvalue weighted by Crippen LogP contribution is -2.39. The van der Waals surface area contributed by atoms with Gasteiger partial charge in [-0.3, -0.25) is 15.0 Å². The molecule has 0 spiro atoms. The van der Waals surface area contributed by atoms with E-state index < -0.39 is 17.3 Å². The Morgan fingerprint density at radius 2 is 1.97 bits per heavy atom. The average molecular weight is 420 g/mol. The molecule has 1 fully saturated rings. The standard InChI is InChI=1S/C23H24N4O4/c1-23(2,22(30)31)12-25-21(29)20-18(28)9-15(10-24-20)14-6-7-17-16(8-14)11-26-27-19(17)13-4-3-5-13/h6-11,27-28H,3-5,12H2,1-2H3,(H,25,29)(H,30,31). The van der Waals surface area contributed by atoms with E-state index in [1.807, 2.05) is 18.2 Å². The van der Waals surface area contributed by atoms with Gasteiger partial charge in [0.25, 0.3) is 5.91 Å². The number of carbonyl (C=O) groups excluding carboxylic acids is 1. The number of carboxylic acids is 1. The number of hydrazone groups is 1. The summed E-state index contributed by atoms with van der Waals surface area (Å²) < 4.78 is 0. The quantitative estimate of drug-likeness (QED) is 0.589. The fourth-order valence-corrected chi connectivity index (χ4v) is 3.42. The van der Waals surface area contributed by atoms with Crippen molar-refractivity contribution in [1.29, 1.82) is 0 Å². The number of allylic oxidation sites excluding steroid dienone is 1. The van der Waals surface area contributed by atoms with Crippen LogP contribution in [0.15, 0.2) is 41.1 Å². The van der Waals surface area contributed by atoms with Crippen molar-refractivity contribution < 1.29 is 19.8 Å². The van der Waals surface area contributed by atoms with Crippen molar-refractivity contribution >= 4 is 23.8 Å². The van der Waals surface area contributed by atoms with Crippen LogP contribution in [0.25, 0.3) is 16.8 Å². The molecule has 1 aromatic carbocycles. The van der Waals surface area contributed by atoms with Crippen LogP contribution in [0.5, 0.6) is 5.75 Å². The van der Waals surface area contributed by atoms with Crippen molar-refractivity contribution in [1.82, 2.24) is 15.7 Å². The van der Waals surface area contributed by atoms with Gasteiger partial charge in [-0.15, -0.1) is 0 Å². The molecule has 4 N–H and O–H groups in total. The first-order chi connectivity index (χ1) is 14.8. The Bertz CT molecular complexity index is 1130. The number of amides is 1. The van der Waals surface area contributed by atoms with Gasteiger partial charge in [-0.2, -0.15) is 5.10 Å². The van der Waals surface area contributed by atoms with Crippen LogP contribution in [0, 0.1) is 5.41 Å². The fraction of sp³-hybridized carbons (Fsp3) is 0.304. The third-order valence-corrected chi connectivity index (χ3v) is 5.70. The van der Waals surface area contributed by atoms with Crippen LogP contribution in [-0.4, -0.2) is 39.8 Å². The van der Waals surface area contributed by atoms with Gasteiger partial charge < -0.3 is 15.5 Å². The number of aromatic hydroxyl groups is 1. The van der Waals surface area contributed by atoms with E-state index in [1.54, 1.807) is 6.21 Å². The number of carbonyl (C=O) groups is 2. The third-order valence-electron chi connectivity index (χ3n) is 5.70. The molecule has 1 aromatic heterocycles. The van der Waals surface area contributed by atoms with Gasteiger partial charge in [0.1, 0.15) is 5.75 Å². The van der Waals surface area contributed by atoms with E-state index in [0.717, 1.165) is 35.2 Å². The Hall–Kier alpha value is -3.68. The number of nitrogens with zero attached hydrogens (tertiary/aromatic N) is 2. The summed E-state index contributed by atoms with van der Waals surface area (Å²) in [5.74, 6) is -1.92. The fourth-order valence-electron chi connectivity index (χ4n) is 3.42. The lowest BCUT2D eigenvalue weighted by Gasteiger charge is -2.25. The molecule has 2 aromatic rings. The van der Waals surface area contributed by atoms with Gasteiger partial charge in [-0.25, -0.2) is 4.98 Å². The maximum absolute atomic E-state index is 12.4. The zero-order valence-corrected chi connectivity index (χ0v) is 17.4. The molecule has 1 aliphatic heterocycles. The Kier molecular flexibility index (Phi) is 5.22. The molecular formula is C23H24N4O4. The predicted molar refractivity (Wildman–Crippen MR) is 117 cm³/mol. The summed E-state index contributed by atoms with van der Waals surface area (Å²) in [7, 11) is 0. The number of aromatic nitrogens is 1. The second-order valence-electron chi connectivity index (χ2n) is 8.47. The van der Waals surface area contributed by atoms with Crippen LogP contribution >= 0.6 is 0 Å². The van der Waals surface area contributed by atoms with E-state index in [9.17, 15) is 14.7 Å². The maximum atomic E-state index is 12.4. The van der Waals surface area contributed by atoms with E-state index in [-0.39, 0.29) is 18.0 Å². The monoisotopic (exact) mass is 420 g/mol. The van der Waals surface area contributed by atoms with Crippen molar-refractivity contribution in [3.8, 4) is 16.9 Å². The van der Waals surface area contributed by atoms with E-state index in [4.69, 9.17) is 5.11 Å². The topological polar surface area (TPSA) is 124 Å². The number of aliphatic carboxylic acids is 1. The number of pyridine rings is 1. The minimum absolute atomic E-state index is 0.0833. The lowest BCUT2D eigenvalue weighted by atomic mass is 9.86. The highest BCUT2D eigenvalue weighted by atomic mass is 16.4. The van der Waals surface area contributed by atoms with Crippen molar-refractivity contribution in [3.05, 3.63) is 52.9 Å². The minimum atomic E-state index is -1.13. The van der Waals surface area contributed by atoms with Gasteiger partial charge in [0.05, 0.1) is 17.3 Å². The number of fused-ring (bicyclic) bond motifs is 1. The summed E-state index contributed by atoms with van der Waals surface area (Å²) in [5, 5.41) is 26.3. The smallest absolute Gasteiger partial charge is 0.310 e. The molecule has 0 bridgehead atoms. The molecule has 0 saturated heterocycles. The molecule has 8 nitrogen and oxygen atoms in total. The Morgan fingerprint density at radius 1 is 1.19 bits per heavy atom. The molecule has 0 atom stereocenters. The minimum Gasteiger partial charge on any atom is -0.505 e. The van der Waals surface area contributed by atoms with Gasteiger partial charge in [0, 0.05) is 29.4 Å². The van der Waals surface area contributed by atoms with Crippen LogP contribution in [0.4, 0.5) is 0 Å². The van der Waals surface area contributed by atoms with Gasteiger partial charge >= 0.3 is 5.97 Å². The van der Waals surface area contributed by atoms with Crippen LogP contribution in [-0.2, 0) is 4.79 Å². The normalized spacial score (nSPS) is 15.0. The SMILES string of the molecule is CC(C)(CNC(=O)c1ncc(-c2ccc3c(c2)C=NNC3=C2CCC2)cc1O)C(=O)O. The summed E-state index contributed by atoms with van der Waals surface area (Å²) in [5.41, 5.74) is 7.87. The third kappa shape index (κ3) is 4.01. The Labute approximate surface area is 179 Å². The van der Waals surface area contributed by atoms with Crippen LogP contribution < -0.4 is 10.7 Å². The van der Waals surface area contributed by atoms with Crippen LogP contribution in [0.2, 0.25) is 0 Å². The Balaban J connectivity index is 1.56. The molecule has 0 unspecified atom stereocenters. The number of benzene rings is 1. The first-order valence-corrected chi connectivity index (χ1v) is 10.1. The van der Waals surface area contributed by atoms with Crippen molar-refractivity contribution in [2.45, 2.75) is 33.1 Å². The van der Waals surface area contributed by atoms with Gasteiger partial charge in [-0.05, 0) is 56.4 Å². The van der Waals surface area contributed by atoms with Gasteiger partial charge in [-0.1, -0.05) is 12.1 Å². The highest BCUT2D eigenvalue weighted by Crippen LogP contribution is 2.35. The number of hydrogen-bond donors (Lipinski definition) is 4. The second-order valence-corrected chi connectivity index (χ2v) is 8.47. The highest BCUT2D eigenvalue weighted by Gasteiger charge is 2.28. The van der Waals surface area contributed by atoms with Crippen molar-refractivity contribution in [2.24, 2.45) is 10.5 Å². The average Bonchev–Trinajstić information content (AvgIpc) is 2.70. The summed E-state index contributed by atoms with van der Waals surface area (Å²) in [6.45, 7) is 2.93. The summed E-state index contributed by atoms with van der Waals surface area (Å²) in [6.07, 6.45) is 6.66. The molecule has 0 radical (unpaired) electrons. The van der Waals surface area contributed by atoms with E-state index in [0.29, 0.717) is 5.56 Å². The number of hydrogen-bond acceptors (Lipinski definition) is 6. The molecule has 31 heavy (non-hydrogen) atoms. The molecule has 160 valence electrons. The zero-order valence-electron chi connectivity index (χ0n) is 17.4. The number of carboxylic acid groups (broad SMARTS) is 1. The Morgan fingerprint density at radius 3 is 2.61 bits per heavy atom. The highest BCUT2D eigenvalue weighted by molar-refractivity contribution is 5.96. The van der Waals surface area contributed by atoms with Crippen LogP contribution in [0.3, 0.4) is 0 Å². The molecule has 1 saturated carbocycles. The molecule has 1 amide bonds.